The van der Waals surface area contributed by atoms with Crippen LogP contribution in [0.25, 0.3) is 0 Å². The van der Waals surface area contributed by atoms with E-state index in [4.69, 9.17) is 5.73 Å². The first-order valence-electron chi connectivity index (χ1n) is 3.96. The number of esters is 1. The number of carbonyl (C=O) groups is 2. The van der Waals surface area contributed by atoms with Crippen molar-refractivity contribution in [3.05, 3.63) is 0 Å². The highest BCUT2D eigenvalue weighted by Gasteiger charge is 2.25. The molecule has 0 radical (unpaired) electrons. The summed E-state index contributed by atoms with van der Waals surface area (Å²) in [5, 5.41) is 0. The standard InChI is InChI=1S/C8H15NO3/c1-4-12-8(11)6(9)7(10)5(2)3/h5-6H,4,9H2,1-3H3. The second-order valence-electron chi connectivity index (χ2n) is 2.79. The fraction of sp³-hybridized carbons (Fsp3) is 0.750. The van der Waals surface area contributed by atoms with Crippen molar-refractivity contribution in [1.82, 2.24) is 0 Å². The summed E-state index contributed by atoms with van der Waals surface area (Å²) in [6, 6.07) is -1.12. The van der Waals surface area contributed by atoms with Crippen molar-refractivity contribution in [2.75, 3.05) is 6.61 Å². The quantitative estimate of drug-likeness (QED) is 0.483. The monoisotopic (exact) mass is 173 g/mol. The molecule has 4 heteroatoms. The van der Waals surface area contributed by atoms with Gasteiger partial charge in [0.05, 0.1) is 6.61 Å². The molecule has 0 aliphatic rings. The van der Waals surface area contributed by atoms with Gasteiger partial charge in [0.15, 0.2) is 11.8 Å². The predicted molar refractivity (Wildman–Crippen MR) is 44.5 cm³/mol. The van der Waals surface area contributed by atoms with Gasteiger partial charge in [0, 0.05) is 5.92 Å². The lowest BCUT2D eigenvalue weighted by Gasteiger charge is -2.11. The first-order valence-corrected chi connectivity index (χ1v) is 3.96. The molecule has 0 aromatic rings. The number of ether oxygens (including phenoxy) is 1. The number of carbonyl (C=O) groups excluding carboxylic acids is 2. The maximum Gasteiger partial charge on any atom is 0.330 e. The highest BCUT2D eigenvalue weighted by Crippen LogP contribution is 1.99. The Balaban J connectivity index is 4.10. The van der Waals surface area contributed by atoms with Crippen molar-refractivity contribution in [2.45, 2.75) is 26.8 Å². The average molecular weight is 173 g/mol. The Morgan fingerprint density at radius 1 is 1.42 bits per heavy atom. The molecule has 1 unspecified atom stereocenters. The molecule has 2 N–H and O–H groups in total. The van der Waals surface area contributed by atoms with E-state index in [-0.39, 0.29) is 18.3 Å². The molecule has 0 fully saturated rings. The summed E-state index contributed by atoms with van der Waals surface area (Å²) in [4.78, 5) is 22.1. The minimum Gasteiger partial charge on any atom is -0.464 e. The molecule has 0 spiro atoms. The van der Waals surface area contributed by atoms with Crippen LogP contribution in [0.1, 0.15) is 20.8 Å². The van der Waals surface area contributed by atoms with E-state index < -0.39 is 12.0 Å². The normalized spacial score (nSPS) is 12.8. The molecule has 0 aliphatic heterocycles. The molecule has 12 heavy (non-hydrogen) atoms. The van der Waals surface area contributed by atoms with E-state index in [2.05, 4.69) is 4.74 Å². The molecule has 0 amide bonds. The predicted octanol–water partition coefficient (Wildman–Crippen LogP) is 0.102. The van der Waals surface area contributed by atoms with Gasteiger partial charge in [-0.1, -0.05) is 13.8 Å². The van der Waals surface area contributed by atoms with Gasteiger partial charge in [0.25, 0.3) is 0 Å². The van der Waals surface area contributed by atoms with Crippen LogP contribution >= 0.6 is 0 Å². The molecular weight excluding hydrogens is 158 g/mol. The van der Waals surface area contributed by atoms with Crippen LogP contribution in [0.2, 0.25) is 0 Å². The Kier molecular flexibility index (Phi) is 4.51. The van der Waals surface area contributed by atoms with Crippen LogP contribution in [0, 0.1) is 5.92 Å². The van der Waals surface area contributed by atoms with Crippen LogP contribution in [-0.2, 0) is 14.3 Å². The SMILES string of the molecule is CCOC(=O)C(N)C(=O)C(C)C. The zero-order valence-electron chi connectivity index (χ0n) is 7.66. The van der Waals surface area contributed by atoms with Gasteiger partial charge < -0.3 is 10.5 Å². The van der Waals surface area contributed by atoms with E-state index >= 15 is 0 Å². The summed E-state index contributed by atoms with van der Waals surface area (Å²) < 4.78 is 4.59. The first-order chi connectivity index (χ1) is 5.50. The fourth-order valence-corrected chi connectivity index (χ4v) is 0.707. The summed E-state index contributed by atoms with van der Waals surface area (Å²) in [6.45, 7) is 5.31. The van der Waals surface area contributed by atoms with Gasteiger partial charge in [0.2, 0.25) is 0 Å². The molecule has 0 aromatic carbocycles. The number of rotatable bonds is 4. The highest BCUT2D eigenvalue weighted by molar-refractivity contribution is 6.03. The van der Waals surface area contributed by atoms with Gasteiger partial charge in [-0.15, -0.1) is 0 Å². The lowest BCUT2D eigenvalue weighted by Crippen LogP contribution is -2.42. The lowest BCUT2D eigenvalue weighted by atomic mass is 10.0. The summed E-state index contributed by atoms with van der Waals surface area (Å²) in [7, 11) is 0. The molecule has 0 rings (SSSR count). The van der Waals surface area contributed by atoms with E-state index in [0.29, 0.717) is 0 Å². The Hall–Kier alpha value is -0.900. The van der Waals surface area contributed by atoms with Crippen molar-refractivity contribution in [1.29, 1.82) is 0 Å². The van der Waals surface area contributed by atoms with E-state index in [1.54, 1.807) is 20.8 Å². The Morgan fingerprint density at radius 2 is 1.92 bits per heavy atom. The van der Waals surface area contributed by atoms with Crippen molar-refractivity contribution >= 4 is 11.8 Å². The van der Waals surface area contributed by atoms with Crippen molar-refractivity contribution in [3.8, 4) is 0 Å². The van der Waals surface area contributed by atoms with Gasteiger partial charge in [-0.25, -0.2) is 4.79 Å². The lowest BCUT2D eigenvalue weighted by molar-refractivity contribution is -0.148. The second kappa shape index (κ2) is 4.87. The molecule has 0 aromatic heterocycles. The molecule has 0 aliphatic carbocycles. The van der Waals surface area contributed by atoms with E-state index in [1.807, 2.05) is 0 Å². The molecule has 0 heterocycles. The maximum atomic E-state index is 11.1. The Labute approximate surface area is 72.1 Å². The molecule has 70 valence electrons. The zero-order valence-corrected chi connectivity index (χ0v) is 7.66. The average Bonchev–Trinajstić information content (AvgIpc) is 2.02. The third-order valence-corrected chi connectivity index (χ3v) is 1.42. The minimum absolute atomic E-state index is 0.232. The number of hydrogen-bond acceptors (Lipinski definition) is 4. The van der Waals surface area contributed by atoms with Gasteiger partial charge >= 0.3 is 5.97 Å². The second-order valence-corrected chi connectivity index (χ2v) is 2.79. The minimum atomic E-state index is -1.12. The highest BCUT2D eigenvalue weighted by atomic mass is 16.5. The third kappa shape index (κ3) is 3.00. The zero-order chi connectivity index (χ0) is 9.72. The van der Waals surface area contributed by atoms with Gasteiger partial charge in [0.1, 0.15) is 0 Å². The topological polar surface area (TPSA) is 69.4 Å². The number of Topliss-reactive ketones (excluding diaryl/α,β-unsaturated/α-hetero) is 1. The number of nitrogens with two attached hydrogens (primary N) is 1. The van der Waals surface area contributed by atoms with Crippen molar-refractivity contribution in [3.63, 3.8) is 0 Å². The summed E-state index contributed by atoms with van der Waals surface area (Å²) in [6.07, 6.45) is 0. The van der Waals surface area contributed by atoms with Crippen LogP contribution in [0.15, 0.2) is 0 Å². The summed E-state index contributed by atoms with van der Waals surface area (Å²) in [5.74, 6) is -1.16. The molecule has 0 saturated carbocycles. The van der Waals surface area contributed by atoms with Crippen LogP contribution < -0.4 is 5.73 Å². The number of hydrogen-bond donors (Lipinski definition) is 1. The van der Waals surface area contributed by atoms with Crippen LogP contribution in [0.5, 0.6) is 0 Å². The van der Waals surface area contributed by atoms with Gasteiger partial charge in [-0.2, -0.15) is 0 Å². The van der Waals surface area contributed by atoms with Crippen molar-refractivity contribution in [2.24, 2.45) is 11.7 Å². The van der Waals surface area contributed by atoms with Crippen LogP contribution in [0.4, 0.5) is 0 Å². The van der Waals surface area contributed by atoms with E-state index in [9.17, 15) is 9.59 Å². The molecule has 4 nitrogen and oxygen atoms in total. The number of ketones is 1. The first kappa shape index (κ1) is 11.1. The van der Waals surface area contributed by atoms with Crippen LogP contribution in [-0.4, -0.2) is 24.4 Å². The van der Waals surface area contributed by atoms with E-state index in [1.165, 1.54) is 0 Å². The van der Waals surface area contributed by atoms with E-state index in [0.717, 1.165) is 0 Å². The van der Waals surface area contributed by atoms with Crippen LogP contribution in [0.3, 0.4) is 0 Å². The summed E-state index contributed by atoms with van der Waals surface area (Å²) >= 11 is 0. The Morgan fingerprint density at radius 3 is 2.25 bits per heavy atom. The molecular formula is C8H15NO3. The van der Waals surface area contributed by atoms with Gasteiger partial charge in [-0.05, 0) is 6.92 Å². The molecule has 0 bridgehead atoms. The smallest absolute Gasteiger partial charge is 0.330 e. The fourth-order valence-electron chi connectivity index (χ4n) is 0.707. The van der Waals surface area contributed by atoms with Crippen molar-refractivity contribution < 1.29 is 14.3 Å². The summed E-state index contributed by atoms with van der Waals surface area (Å²) in [5.41, 5.74) is 5.32. The molecule has 0 saturated heterocycles. The van der Waals surface area contributed by atoms with Gasteiger partial charge in [-0.3, -0.25) is 4.79 Å². The third-order valence-electron chi connectivity index (χ3n) is 1.42. The molecule has 1 atom stereocenters. The Bertz CT molecular complexity index is 177. The largest absolute Gasteiger partial charge is 0.464 e. The maximum absolute atomic E-state index is 11.1.